The SMILES string of the molecule is COc1cc(NC(=O)N2CCCC2)ccc1F. The molecule has 1 aromatic rings. The van der Waals surface area contributed by atoms with Crippen LogP contribution in [0.1, 0.15) is 12.8 Å². The molecule has 1 N–H and O–H groups in total. The van der Waals surface area contributed by atoms with Gasteiger partial charge in [0.1, 0.15) is 0 Å². The van der Waals surface area contributed by atoms with E-state index in [2.05, 4.69) is 5.32 Å². The van der Waals surface area contributed by atoms with Crippen LogP contribution in [0, 0.1) is 5.82 Å². The molecule has 4 nitrogen and oxygen atoms in total. The van der Waals surface area contributed by atoms with E-state index >= 15 is 0 Å². The summed E-state index contributed by atoms with van der Waals surface area (Å²) in [4.78, 5) is 13.5. The minimum Gasteiger partial charge on any atom is -0.494 e. The zero-order valence-corrected chi connectivity index (χ0v) is 9.70. The molecule has 2 amide bonds. The smallest absolute Gasteiger partial charge is 0.321 e. The molecule has 1 aliphatic rings. The number of carbonyl (C=O) groups excluding carboxylic acids is 1. The van der Waals surface area contributed by atoms with E-state index in [0.717, 1.165) is 25.9 Å². The quantitative estimate of drug-likeness (QED) is 0.859. The number of rotatable bonds is 2. The molecule has 1 aliphatic heterocycles. The van der Waals surface area contributed by atoms with Gasteiger partial charge in [0.2, 0.25) is 0 Å². The summed E-state index contributed by atoms with van der Waals surface area (Å²) in [7, 11) is 1.39. The molecule has 0 aromatic heterocycles. The monoisotopic (exact) mass is 238 g/mol. The van der Waals surface area contributed by atoms with Crippen LogP contribution in [0.15, 0.2) is 18.2 Å². The van der Waals surface area contributed by atoms with Crippen molar-refractivity contribution in [3.8, 4) is 5.75 Å². The van der Waals surface area contributed by atoms with Crippen molar-refractivity contribution in [1.29, 1.82) is 0 Å². The van der Waals surface area contributed by atoms with Crippen LogP contribution in [0.25, 0.3) is 0 Å². The Bertz CT molecular complexity index is 417. The number of likely N-dealkylation sites (tertiary alicyclic amines) is 1. The van der Waals surface area contributed by atoms with Crippen LogP contribution in [-0.2, 0) is 0 Å². The third-order valence-corrected chi connectivity index (χ3v) is 2.80. The fourth-order valence-electron chi connectivity index (χ4n) is 1.86. The van der Waals surface area contributed by atoms with Gasteiger partial charge in [-0.1, -0.05) is 0 Å². The van der Waals surface area contributed by atoms with Crippen molar-refractivity contribution in [2.75, 3.05) is 25.5 Å². The number of hydrogen-bond acceptors (Lipinski definition) is 2. The molecule has 5 heteroatoms. The Morgan fingerprint density at radius 3 is 2.76 bits per heavy atom. The lowest BCUT2D eigenvalue weighted by atomic mass is 10.3. The summed E-state index contributed by atoms with van der Waals surface area (Å²) < 4.78 is 18.0. The summed E-state index contributed by atoms with van der Waals surface area (Å²) in [6.07, 6.45) is 2.08. The van der Waals surface area contributed by atoms with Crippen molar-refractivity contribution in [2.45, 2.75) is 12.8 Å². The number of halogens is 1. The van der Waals surface area contributed by atoms with Crippen molar-refractivity contribution >= 4 is 11.7 Å². The van der Waals surface area contributed by atoms with Crippen molar-refractivity contribution < 1.29 is 13.9 Å². The van der Waals surface area contributed by atoms with Gasteiger partial charge in [-0.3, -0.25) is 0 Å². The largest absolute Gasteiger partial charge is 0.494 e. The molecule has 1 fully saturated rings. The number of methoxy groups -OCH3 is 1. The Balaban J connectivity index is 2.05. The van der Waals surface area contributed by atoms with E-state index in [0.29, 0.717) is 5.69 Å². The zero-order valence-electron chi connectivity index (χ0n) is 9.70. The van der Waals surface area contributed by atoms with Gasteiger partial charge in [-0.15, -0.1) is 0 Å². The fraction of sp³-hybridized carbons (Fsp3) is 0.417. The highest BCUT2D eigenvalue weighted by molar-refractivity contribution is 5.89. The van der Waals surface area contributed by atoms with Crippen LogP contribution in [0.5, 0.6) is 5.75 Å². The van der Waals surface area contributed by atoms with E-state index in [1.165, 1.54) is 25.3 Å². The number of carbonyl (C=O) groups is 1. The van der Waals surface area contributed by atoms with E-state index in [9.17, 15) is 9.18 Å². The number of hydrogen-bond donors (Lipinski definition) is 1. The van der Waals surface area contributed by atoms with Gasteiger partial charge in [-0.2, -0.15) is 0 Å². The summed E-state index contributed by atoms with van der Waals surface area (Å²) in [5.41, 5.74) is 0.542. The second-order valence-electron chi connectivity index (χ2n) is 3.97. The Hall–Kier alpha value is -1.78. The summed E-state index contributed by atoms with van der Waals surface area (Å²) in [5.74, 6) is -0.309. The predicted molar refractivity (Wildman–Crippen MR) is 62.8 cm³/mol. The molecular weight excluding hydrogens is 223 g/mol. The van der Waals surface area contributed by atoms with Gasteiger partial charge in [0.15, 0.2) is 11.6 Å². The third kappa shape index (κ3) is 2.67. The minimum absolute atomic E-state index is 0.129. The van der Waals surface area contributed by atoms with Crippen LogP contribution in [0.3, 0.4) is 0 Å². The van der Waals surface area contributed by atoms with Crippen LogP contribution in [0.2, 0.25) is 0 Å². The second-order valence-corrected chi connectivity index (χ2v) is 3.97. The van der Waals surface area contributed by atoms with Crippen molar-refractivity contribution in [3.05, 3.63) is 24.0 Å². The normalized spacial score (nSPS) is 14.8. The van der Waals surface area contributed by atoms with E-state index in [1.807, 2.05) is 0 Å². The molecule has 0 radical (unpaired) electrons. The Morgan fingerprint density at radius 1 is 1.41 bits per heavy atom. The second kappa shape index (κ2) is 5.03. The Kier molecular flexibility index (Phi) is 3.46. The third-order valence-electron chi connectivity index (χ3n) is 2.80. The molecule has 0 atom stereocenters. The van der Waals surface area contributed by atoms with E-state index < -0.39 is 5.82 Å². The van der Waals surface area contributed by atoms with Crippen LogP contribution in [-0.4, -0.2) is 31.1 Å². The molecule has 0 bridgehead atoms. The average Bonchev–Trinajstić information content (AvgIpc) is 2.85. The highest BCUT2D eigenvalue weighted by atomic mass is 19.1. The Morgan fingerprint density at radius 2 is 2.12 bits per heavy atom. The van der Waals surface area contributed by atoms with Crippen LogP contribution < -0.4 is 10.1 Å². The topological polar surface area (TPSA) is 41.6 Å². The average molecular weight is 238 g/mol. The first kappa shape index (κ1) is 11.7. The molecule has 0 saturated carbocycles. The van der Waals surface area contributed by atoms with Crippen molar-refractivity contribution in [1.82, 2.24) is 4.90 Å². The van der Waals surface area contributed by atoms with Gasteiger partial charge in [-0.05, 0) is 25.0 Å². The van der Waals surface area contributed by atoms with Gasteiger partial charge in [0, 0.05) is 24.8 Å². The highest BCUT2D eigenvalue weighted by Gasteiger charge is 2.18. The number of benzene rings is 1. The number of ether oxygens (including phenoxy) is 1. The van der Waals surface area contributed by atoms with Crippen LogP contribution >= 0.6 is 0 Å². The maximum absolute atomic E-state index is 13.2. The van der Waals surface area contributed by atoms with Gasteiger partial charge < -0.3 is 15.0 Å². The lowest BCUT2D eigenvalue weighted by Gasteiger charge is -2.16. The Labute approximate surface area is 99.4 Å². The van der Waals surface area contributed by atoms with Crippen molar-refractivity contribution in [2.24, 2.45) is 0 Å². The van der Waals surface area contributed by atoms with E-state index in [-0.39, 0.29) is 11.8 Å². The molecule has 0 aliphatic carbocycles. The summed E-state index contributed by atoms with van der Waals surface area (Å²) in [6, 6.07) is 4.13. The first-order chi connectivity index (χ1) is 8.20. The predicted octanol–water partition coefficient (Wildman–Crippen LogP) is 2.46. The number of amides is 2. The minimum atomic E-state index is -0.438. The summed E-state index contributed by atoms with van der Waals surface area (Å²) in [6.45, 7) is 1.56. The van der Waals surface area contributed by atoms with Gasteiger partial charge >= 0.3 is 6.03 Å². The molecule has 1 aromatic carbocycles. The van der Waals surface area contributed by atoms with Gasteiger partial charge in [0.25, 0.3) is 0 Å². The maximum atomic E-state index is 13.2. The lowest BCUT2D eigenvalue weighted by molar-refractivity contribution is 0.222. The molecule has 0 spiro atoms. The molecule has 1 heterocycles. The highest BCUT2D eigenvalue weighted by Crippen LogP contribution is 2.22. The molecule has 17 heavy (non-hydrogen) atoms. The first-order valence-electron chi connectivity index (χ1n) is 5.60. The molecular formula is C12H15FN2O2. The standard InChI is InChI=1S/C12H15FN2O2/c1-17-11-8-9(4-5-10(11)13)14-12(16)15-6-2-3-7-15/h4-5,8H,2-3,6-7H2,1H3,(H,14,16). The van der Waals surface area contributed by atoms with Gasteiger partial charge in [0.05, 0.1) is 7.11 Å². The molecule has 92 valence electrons. The number of nitrogens with zero attached hydrogens (tertiary/aromatic N) is 1. The van der Waals surface area contributed by atoms with E-state index in [1.54, 1.807) is 4.90 Å². The molecule has 2 rings (SSSR count). The van der Waals surface area contributed by atoms with E-state index in [4.69, 9.17) is 4.74 Å². The van der Waals surface area contributed by atoms with Crippen LogP contribution in [0.4, 0.5) is 14.9 Å². The lowest BCUT2D eigenvalue weighted by Crippen LogP contribution is -2.32. The summed E-state index contributed by atoms with van der Waals surface area (Å²) >= 11 is 0. The summed E-state index contributed by atoms with van der Waals surface area (Å²) in [5, 5.41) is 2.73. The number of anilines is 1. The van der Waals surface area contributed by atoms with Gasteiger partial charge in [-0.25, -0.2) is 9.18 Å². The first-order valence-corrected chi connectivity index (χ1v) is 5.60. The fourth-order valence-corrected chi connectivity index (χ4v) is 1.86. The zero-order chi connectivity index (χ0) is 12.3. The van der Waals surface area contributed by atoms with Crippen molar-refractivity contribution in [3.63, 3.8) is 0 Å². The molecule has 0 unspecified atom stereocenters. The maximum Gasteiger partial charge on any atom is 0.321 e. The number of urea groups is 1. The number of nitrogens with one attached hydrogen (secondary N) is 1. The molecule has 1 saturated heterocycles.